The van der Waals surface area contributed by atoms with Gasteiger partial charge in [0.1, 0.15) is 0 Å². The summed E-state index contributed by atoms with van der Waals surface area (Å²) < 4.78 is 5.34. The van der Waals surface area contributed by atoms with Crippen LogP contribution in [0, 0.1) is 10.1 Å². The molecule has 0 radical (unpaired) electrons. The summed E-state index contributed by atoms with van der Waals surface area (Å²) >= 11 is 6.07. The highest BCUT2D eigenvalue weighted by Crippen LogP contribution is 2.25. The number of hydrogen-bond donors (Lipinski definition) is 1. The average Bonchev–Trinajstić information content (AvgIpc) is 2.38. The minimum atomic E-state index is -0.442. The fourth-order valence-electron chi connectivity index (χ4n) is 2.10. The Morgan fingerprint density at radius 2 is 2.16 bits per heavy atom. The zero-order chi connectivity index (χ0) is 13.9. The number of hydrogen-bond acceptors (Lipinski definition) is 4. The zero-order valence-corrected chi connectivity index (χ0v) is 11.6. The van der Waals surface area contributed by atoms with Gasteiger partial charge in [0.25, 0.3) is 5.69 Å². The van der Waals surface area contributed by atoms with Crippen LogP contribution in [-0.2, 0) is 11.3 Å². The summed E-state index contributed by atoms with van der Waals surface area (Å²) in [6.07, 6.45) is 1.91. The lowest BCUT2D eigenvalue weighted by atomic mass is 9.92. The number of benzene rings is 1. The van der Waals surface area contributed by atoms with E-state index in [1.807, 2.05) is 0 Å². The predicted molar refractivity (Wildman–Crippen MR) is 73.4 cm³/mol. The van der Waals surface area contributed by atoms with Crippen molar-refractivity contribution in [3.63, 3.8) is 0 Å². The second-order valence-electron chi connectivity index (χ2n) is 5.06. The number of halogens is 1. The highest BCUT2D eigenvalue weighted by Gasteiger charge is 2.26. The topological polar surface area (TPSA) is 64.4 Å². The Hall–Kier alpha value is -1.17. The third-order valence-electron chi connectivity index (χ3n) is 3.55. The second kappa shape index (κ2) is 5.86. The maximum atomic E-state index is 10.6. The van der Waals surface area contributed by atoms with Crippen LogP contribution >= 0.6 is 11.6 Å². The van der Waals surface area contributed by atoms with E-state index < -0.39 is 4.92 Å². The Morgan fingerprint density at radius 1 is 1.47 bits per heavy atom. The van der Waals surface area contributed by atoms with Crippen LogP contribution < -0.4 is 5.32 Å². The zero-order valence-electron chi connectivity index (χ0n) is 10.8. The molecule has 1 heterocycles. The van der Waals surface area contributed by atoms with E-state index >= 15 is 0 Å². The summed E-state index contributed by atoms with van der Waals surface area (Å²) in [4.78, 5) is 10.2. The van der Waals surface area contributed by atoms with E-state index in [2.05, 4.69) is 12.2 Å². The van der Waals surface area contributed by atoms with E-state index in [1.54, 1.807) is 6.07 Å². The molecule has 0 amide bonds. The largest absolute Gasteiger partial charge is 0.381 e. The quantitative estimate of drug-likeness (QED) is 0.682. The number of nitro benzene ring substituents is 1. The fraction of sp³-hybridized carbons (Fsp3) is 0.538. The first-order chi connectivity index (χ1) is 9.00. The number of nitrogens with zero attached hydrogens (tertiary/aromatic N) is 1. The SMILES string of the molecule is CC1(NCc2ccc([N+](=O)[O-])cc2Cl)CCOCC1. The average molecular weight is 285 g/mol. The van der Waals surface area contributed by atoms with Gasteiger partial charge in [0.05, 0.1) is 9.95 Å². The molecule has 104 valence electrons. The molecular weight excluding hydrogens is 268 g/mol. The van der Waals surface area contributed by atoms with Crippen LogP contribution in [0.1, 0.15) is 25.3 Å². The predicted octanol–water partition coefficient (Wildman–Crippen LogP) is 2.91. The molecule has 0 spiro atoms. The lowest BCUT2D eigenvalue weighted by Crippen LogP contribution is -2.46. The Kier molecular flexibility index (Phi) is 4.39. The highest BCUT2D eigenvalue weighted by atomic mass is 35.5. The second-order valence-corrected chi connectivity index (χ2v) is 5.47. The van der Waals surface area contributed by atoms with Crippen molar-refractivity contribution >= 4 is 17.3 Å². The van der Waals surface area contributed by atoms with Crippen molar-refractivity contribution in [1.82, 2.24) is 5.32 Å². The molecule has 2 rings (SSSR count). The van der Waals surface area contributed by atoms with Gasteiger partial charge in [0, 0.05) is 37.4 Å². The van der Waals surface area contributed by atoms with Crippen molar-refractivity contribution in [2.45, 2.75) is 31.8 Å². The van der Waals surface area contributed by atoms with Crippen molar-refractivity contribution in [3.05, 3.63) is 38.9 Å². The van der Waals surface area contributed by atoms with E-state index in [1.165, 1.54) is 12.1 Å². The molecule has 0 bridgehead atoms. The third-order valence-corrected chi connectivity index (χ3v) is 3.90. The molecule has 1 fully saturated rings. The summed E-state index contributed by atoms with van der Waals surface area (Å²) in [6, 6.07) is 4.58. The third kappa shape index (κ3) is 3.65. The lowest BCUT2D eigenvalue weighted by Gasteiger charge is -2.34. The monoisotopic (exact) mass is 284 g/mol. The van der Waals surface area contributed by atoms with Gasteiger partial charge >= 0.3 is 0 Å². The maximum Gasteiger partial charge on any atom is 0.270 e. The molecule has 0 aliphatic carbocycles. The molecule has 1 N–H and O–H groups in total. The highest BCUT2D eigenvalue weighted by molar-refractivity contribution is 6.31. The Morgan fingerprint density at radius 3 is 2.74 bits per heavy atom. The molecule has 1 aliphatic heterocycles. The normalized spacial score (nSPS) is 18.2. The van der Waals surface area contributed by atoms with Crippen LogP contribution in [0.4, 0.5) is 5.69 Å². The first-order valence-electron chi connectivity index (χ1n) is 6.26. The first kappa shape index (κ1) is 14.2. The molecule has 6 heteroatoms. The minimum Gasteiger partial charge on any atom is -0.381 e. The standard InChI is InChI=1S/C13H17ClN2O3/c1-13(4-6-19-7-5-13)15-9-10-2-3-11(16(17)18)8-12(10)14/h2-3,8,15H,4-7,9H2,1H3. The van der Waals surface area contributed by atoms with Gasteiger partial charge in [-0.25, -0.2) is 0 Å². The van der Waals surface area contributed by atoms with Crippen LogP contribution in [0.3, 0.4) is 0 Å². The van der Waals surface area contributed by atoms with Crippen LogP contribution in [0.5, 0.6) is 0 Å². The fourth-order valence-corrected chi connectivity index (χ4v) is 2.34. The molecule has 0 aromatic heterocycles. The van der Waals surface area contributed by atoms with Crippen molar-refractivity contribution in [1.29, 1.82) is 0 Å². The van der Waals surface area contributed by atoms with Gasteiger partial charge < -0.3 is 10.1 Å². The molecular formula is C13H17ClN2O3. The summed E-state index contributed by atoms with van der Waals surface area (Å²) in [5, 5.41) is 14.5. The van der Waals surface area contributed by atoms with Crippen molar-refractivity contribution < 1.29 is 9.66 Å². The Balaban J connectivity index is 2.01. The number of ether oxygens (including phenoxy) is 1. The number of nitro groups is 1. The van der Waals surface area contributed by atoms with E-state index in [4.69, 9.17) is 16.3 Å². The molecule has 1 saturated heterocycles. The summed E-state index contributed by atoms with van der Waals surface area (Å²) in [5.41, 5.74) is 0.939. The molecule has 19 heavy (non-hydrogen) atoms. The molecule has 1 aromatic rings. The molecule has 0 unspecified atom stereocenters. The van der Waals surface area contributed by atoms with Gasteiger partial charge in [0.2, 0.25) is 0 Å². The van der Waals surface area contributed by atoms with E-state index in [-0.39, 0.29) is 11.2 Å². The Bertz CT molecular complexity index is 473. The molecule has 1 aromatic carbocycles. The van der Waals surface area contributed by atoms with Gasteiger partial charge in [0.15, 0.2) is 0 Å². The molecule has 5 nitrogen and oxygen atoms in total. The maximum absolute atomic E-state index is 10.6. The van der Waals surface area contributed by atoms with Crippen LogP contribution in [0.2, 0.25) is 5.02 Å². The van der Waals surface area contributed by atoms with Gasteiger partial charge in [-0.2, -0.15) is 0 Å². The number of rotatable bonds is 4. The smallest absolute Gasteiger partial charge is 0.270 e. The Labute approximate surface area is 117 Å². The lowest BCUT2D eigenvalue weighted by molar-refractivity contribution is -0.384. The first-order valence-corrected chi connectivity index (χ1v) is 6.64. The van der Waals surface area contributed by atoms with E-state index in [9.17, 15) is 10.1 Å². The van der Waals surface area contributed by atoms with Gasteiger partial charge in [-0.05, 0) is 31.4 Å². The molecule has 1 aliphatic rings. The van der Waals surface area contributed by atoms with Crippen molar-refractivity contribution in [3.8, 4) is 0 Å². The number of nitrogens with one attached hydrogen (secondary N) is 1. The van der Waals surface area contributed by atoms with Crippen LogP contribution in [0.25, 0.3) is 0 Å². The summed E-state index contributed by atoms with van der Waals surface area (Å²) in [6.45, 7) is 4.29. The minimum absolute atomic E-state index is 0.0195. The molecule has 0 saturated carbocycles. The van der Waals surface area contributed by atoms with Crippen molar-refractivity contribution in [2.75, 3.05) is 13.2 Å². The number of non-ortho nitro benzene ring substituents is 1. The summed E-state index contributed by atoms with van der Waals surface area (Å²) in [7, 11) is 0. The van der Waals surface area contributed by atoms with Crippen LogP contribution in [-0.4, -0.2) is 23.7 Å². The van der Waals surface area contributed by atoms with Gasteiger partial charge in [-0.15, -0.1) is 0 Å². The van der Waals surface area contributed by atoms with Crippen molar-refractivity contribution in [2.24, 2.45) is 0 Å². The molecule has 0 atom stereocenters. The summed E-state index contributed by atoms with van der Waals surface area (Å²) in [5.74, 6) is 0. The van der Waals surface area contributed by atoms with Gasteiger partial charge in [-0.1, -0.05) is 11.6 Å². The van der Waals surface area contributed by atoms with Crippen LogP contribution in [0.15, 0.2) is 18.2 Å². The van der Waals surface area contributed by atoms with E-state index in [0.29, 0.717) is 11.6 Å². The van der Waals surface area contributed by atoms with Gasteiger partial charge in [-0.3, -0.25) is 10.1 Å². The van der Waals surface area contributed by atoms with E-state index in [0.717, 1.165) is 31.6 Å².